The fourth-order valence-corrected chi connectivity index (χ4v) is 1.86. The van der Waals surface area contributed by atoms with E-state index in [1.54, 1.807) is 6.07 Å². The molecule has 0 spiro atoms. The van der Waals surface area contributed by atoms with Gasteiger partial charge in [0.05, 0.1) is 0 Å². The number of anilines is 1. The molecule has 1 N–H and O–H groups in total. The average molecular weight is 287 g/mol. The first-order chi connectivity index (χ1) is 10.1. The fraction of sp³-hybridized carbons (Fsp3) is 0.375. The zero-order valence-corrected chi connectivity index (χ0v) is 12.9. The maximum atomic E-state index is 5.91. The first-order valence-corrected chi connectivity index (χ1v) is 7.01. The molecule has 112 valence electrons. The summed E-state index contributed by atoms with van der Waals surface area (Å²) in [4.78, 5) is 8.73. The highest BCUT2D eigenvalue weighted by molar-refractivity contribution is 5.43. The van der Waals surface area contributed by atoms with Gasteiger partial charge in [0.2, 0.25) is 5.88 Å². The van der Waals surface area contributed by atoms with Gasteiger partial charge in [-0.25, -0.2) is 4.98 Å². The van der Waals surface area contributed by atoms with Crippen molar-refractivity contribution in [3.63, 3.8) is 0 Å². The molecule has 0 aliphatic heterocycles. The number of rotatable bonds is 6. The number of hydrogen-bond acceptors (Lipinski definition) is 5. The first kappa shape index (κ1) is 15.3. The predicted octanol–water partition coefficient (Wildman–Crippen LogP) is 3.46. The first-order valence-electron chi connectivity index (χ1n) is 7.01. The van der Waals surface area contributed by atoms with Gasteiger partial charge in [-0.1, -0.05) is 12.1 Å². The minimum Gasteiger partial charge on any atom is -0.439 e. The molecule has 21 heavy (non-hydrogen) atoms. The molecule has 0 aliphatic carbocycles. The van der Waals surface area contributed by atoms with Gasteiger partial charge in [-0.15, -0.1) is 0 Å². The number of aryl methyl sites for hydroxylation is 1. The molecule has 0 bridgehead atoms. The maximum Gasteiger partial charge on any atom is 0.224 e. The van der Waals surface area contributed by atoms with Crippen LogP contribution in [0, 0.1) is 13.8 Å². The number of ether oxygens (including phenoxy) is 2. The van der Waals surface area contributed by atoms with Crippen molar-refractivity contribution in [3.05, 3.63) is 41.2 Å². The number of hydrogen-bond donors (Lipinski definition) is 1. The van der Waals surface area contributed by atoms with Crippen molar-refractivity contribution in [2.75, 3.05) is 19.0 Å². The topological polar surface area (TPSA) is 56.3 Å². The zero-order chi connectivity index (χ0) is 15.2. The molecule has 1 aromatic heterocycles. The summed E-state index contributed by atoms with van der Waals surface area (Å²) in [5.74, 6) is 2.62. The lowest BCUT2D eigenvalue weighted by Crippen LogP contribution is -2.04. The van der Waals surface area contributed by atoms with Crippen LogP contribution in [0.4, 0.5) is 5.82 Å². The van der Waals surface area contributed by atoms with Gasteiger partial charge in [0.25, 0.3) is 0 Å². The highest BCUT2D eigenvalue weighted by atomic mass is 16.5. The van der Waals surface area contributed by atoms with Crippen LogP contribution in [0.5, 0.6) is 11.6 Å². The molecule has 5 nitrogen and oxygen atoms in total. The number of nitrogens with zero attached hydrogens (tertiary/aromatic N) is 2. The summed E-state index contributed by atoms with van der Waals surface area (Å²) in [6.07, 6.45) is 0. The lowest BCUT2D eigenvalue weighted by Gasteiger charge is -2.12. The summed E-state index contributed by atoms with van der Waals surface area (Å²) in [6, 6.07) is 7.74. The molecule has 5 heteroatoms. The predicted molar refractivity (Wildman–Crippen MR) is 82.9 cm³/mol. The van der Waals surface area contributed by atoms with E-state index in [0.717, 1.165) is 11.3 Å². The van der Waals surface area contributed by atoms with Crippen molar-refractivity contribution in [3.8, 4) is 11.6 Å². The fourth-order valence-electron chi connectivity index (χ4n) is 1.86. The molecule has 0 radical (unpaired) electrons. The standard InChI is InChI=1S/C16H21N3O2/c1-5-20-10-15-18-14(17-4)9-16(19-15)21-13-8-6-7-11(2)12(13)3/h6-9H,5,10H2,1-4H3,(H,17,18,19). The Balaban J connectivity index is 2.28. The number of benzene rings is 1. The molecule has 2 rings (SSSR count). The minimum atomic E-state index is 0.370. The molecular weight excluding hydrogens is 266 g/mol. The Bertz CT molecular complexity index is 614. The largest absolute Gasteiger partial charge is 0.439 e. The average Bonchev–Trinajstić information content (AvgIpc) is 2.49. The van der Waals surface area contributed by atoms with Crippen molar-refractivity contribution in [2.45, 2.75) is 27.4 Å². The second-order valence-corrected chi connectivity index (χ2v) is 4.69. The minimum absolute atomic E-state index is 0.370. The van der Waals surface area contributed by atoms with Crippen molar-refractivity contribution >= 4 is 5.82 Å². The number of aromatic nitrogens is 2. The normalized spacial score (nSPS) is 10.5. The summed E-state index contributed by atoms with van der Waals surface area (Å²) < 4.78 is 11.3. The van der Waals surface area contributed by atoms with Crippen LogP contribution in [0.3, 0.4) is 0 Å². The van der Waals surface area contributed by atoms with Gasteiger partial charge in [0.15, 0.2) is 5.82 Å². The van der Waals surface area contributed by atoms with Crippen LogP contribution in [0.1, 0.15) is 23.9 Å². The van der Waals surface area contributed by atoms with Gasteiger partial charge in [0, 0.05) is 19.7 Å². The molecule has 1 heterocycles. The van der Waals surface area contributed by atoms with Crippen molar-refractivity contribution in [2.24, 2.45) is 0 Å². The maximum absolute atomic E-state index is 5.91. The van der Waals surface area contributed by atoms with Crippen LogP contribution < -0.4 is 10.1 Å². The molecule has 2 aromatic rings. The van der Waals surface area contributed by atoms with Crippen LogP contribution in [0.15, 0.2) is 24.3 Å². The second kappa shape index (κ2) is 7.04. The van der Waals surface area contributed by atoms with E-state index in [0.29, 0.717) is 30.7 Å². The van der Waals surface area contributed by atoms with Gasteiger partial charge in [-0.2, -0.15) is 4.98 Å². The Hall–Kier alpha value is -2.14. The summed E-state index contributed by atoms with van der Waals surface area (Å²) in [7, 11) is 1.81. The van der Waals surface area contributed by atoms with Gasteiger partial charge in [-0.3, -0.25) is 0 Å². The van der Waals surface area contributed by atoms with Crippen molar-refractivity contribution < 1.29 is 9.47 Å². The molecule has 1 aromatic carbocycles. The molecule has 0 atom stereocenters. The Morgan fingerprint density at radius 1 is 1.19 bits per heavy atom. The smallest absolute Gasteiger partial charge is 0.224 e. The second-order valence-electron chi connectivity index (χ2n) is 4.69. The van der Waals surface area contributed by atoms with E-state index in [-0.39, 0.29) is 0 Å². The molecule has 0 fully saturated rings. The summed E-state index contributed by atoms with van der Waals surface area (Å²) in [5.41, 5.74) is 2.29. The van der Waals surface area contributed by atoms with Crippen LogP contribution in [0.2, 0.25) is 0 Å². The summed E-state index contributed by atoms with van der Waals surface area (Å²) in [6.45, 7) is 7.03. The third-order valence-electron chi connectivity index (χ3n) is 3.21. The van der Waals surface area contributed by atoms with E-state index >= 15 is 0 Å². The van der Waals surface area contributed by atoms with E-state index in [9.17, 15) is 0 Å². The Kier molecular flexibility index (Phi) is 5.11. The molecule has 0 aliphatic rings. The van der Waals surface area contributed by atoms with E-state index in [1.165, 1.54) is 5.56 Å². The van der Waals surface area contributed by atoms with Crippen LogP contribution in [0.25, 0.3) is 0 Å². The highest BCUT2D eigenvalue weighted by Crippen LogP contribution is 2.26. The van der Waals surface area contributed by atoms with Crippen molar-refractivity contribution in [1.29, 1.82) is 0 Å². The van der Waals surface area contributed by atoms with Crippen molar-refractivity contribution in [1.82, 2.24) is 9.97 Å². The lowest BCUT2D eigenvalue weighted by atomic mass is 10.1. The highest BCUT2D eigenvalue weighted by Gasteiger charge is 2.08. The van der Waals surface area contributed by atoms with E-state index in [2.05, 4.69) is 28.3 Å². The van der Waals surface area contributed by atoms with E-state index in [1.807, 2.05) is 33.0 Å². The SMILES string of the molecule is CCOCc1nc(NC)cc(Oc2cccc(C)c2C)n1. The van der Waals surface area contributed by atoms with E-state index in [4.69, 9.17) is 9.47 Å². The van der Waals surface area contributed by atoms with Gasteiger partial charge < -0.3 is 14.8 Å². The van der Waals surface area contributed by atoms with E-state index < -0.39 is 0 Å². The molecule has 0 unspecified atom stereocenters. The molecule has 0 saturated heterocycles. The Morgan fingerprint density at radius 2 is 2.00 bits per heavy atom. The third-order valence-corrected chi connectivity index (χ3v) is 3.21. The quantitative estimate of drug-likeness (QED) is 0.881. The molecule has 0 amide bonds. The zero-order valence-electron chi connectivity index (χ0n) is 12.9. The van der Waals surface area contributed by atoms with Crippen LogP contribution in [-0.2, 0) is 11.3 Å². The summed E-state index contributed by atoms with van der Waals surface area (Å²) >= 11 is 0. The molecular formula is C16H21N3O2. The Morgan fingerprint density at radius 3 is 2.71 bits per heavy atom. The van der Waals surface area contributed by atoms with Gasteiger partial charge >= 0.3 is 0 Å². The molecule has 0 saturated carbocycles. The number of nitrogens with one attached hydrogen (secondary N) is 1. The van der Waals surface area contributed by atoms with Gasteiger partial charge in [-0.05, 0) is 38.0 Å². The van der Waals surface area contributed by atoms with Crippen LogP contribution in [-0.4, -0.2) is 23.6 Å². The van der Waals surface area contributed by atoms with Gasteiger partial charge in [0.1, 0.15) is 18.2 Å². The third kappa shape index (κ3) is 3.92. The Labute approximate surface area is 125 Å². The monoisotopic (exact) mass is 287 g/mol. The van der Waals surface area contributed by atoms with Crippen LogP contribution >= 0.6 is 0 Å². The summed E-state index contributed by atoms with van der Waals surface area (Å²) in [5, 5.41) is 3.01. The lowest BCUT2D eigenvalue weighted by molar-refractivity contribution is 0.128.